The Kier molecular flexibility index (Phi) is 3.84. The summed E-state index contributed by atoms with van der Waals surface area (Å²) in [6.45, 7) is 2.88. The first kappa shape index (κ1) is 13.3. The third kappa shape index (κ3) is 2.76. The van der Waals surface area contributed by atoms with Gasteiger partial charge in [0.25, 0.3) is 0 Å². The van der Waals surface area contributed by atoms with E-state index in [0.717, 1.165) is 6.54 Å². The van der Waals surface area contributed by atoms with Crippen molar-refractivity contribution in [3.8, 4) is 5.75 Å². The number of halogens is 1. The fourth-order valence-corrected chi connectivity index (χ4v) is 2.52. The van der Waals surface area contributed by atoms with E-state index >= 15 is 0 Å². The van der Waals surface area contributed by atoms with Gasteiger partial charge in [-0.05, 0) is 12.1 Å². The predicted octanol–water partition coefficient (Wildman–Crippen LogP) is 0.930. The normalized spacial score (nSPS) is 22.1. The lowest BCUT2D eigenvalue weighted by Gasteiger charge is -2.31. The van der Waals surface area contributed by atoms with Gasteiger partial charge in [-0.15, -0.1) is 0 Å². The third-order valence-electron chi connectivity index (χ3n) is 3.51. The van der Waals surface area contributed by atoms with E-state index in [2.05, 4.69) is 5.32 Å². The Morgan fingerprint density at radius 2 is 2.35 bits per heavy atom. The molecule has 1 aromatic carbocycles. The highest BCUT2D eigenvalue weighted by molar-refractivity contribution is 5.95. The number of nitrogens with one attached hydrogen (secondary N) is 1. The van der Waals surface area contributed by atoms with E-state index in [4.69, 9.17) is 9.47 Å². The summed E-state index contributed by atoms with van der Waals surface area (Å²) in [6, 6.07) is 4.29. The Balaban J connectivity index is 1.72. The zero-order valence-corrected chi connectivity index (χ0v) is 11.1. The van der Waals surface area contributed by atoms with Gasteiger partial charge < -0.3 is 19.7 Å². The largest absolute Gasteiger partial charge is 0.489 e. The van der Waals surface area contributed by atoms with Crippen LogP contribution in [0.15, 0.2) is 18.2 Å². The number of rotatable bonds is 2. The van der Waals surface area contributed by atoms with Gasteiger partial charge in [0.15, 0.2) is 0 Å². The molecule has 1 amide bonds. The van der Waals surface area contributed by atoms with Gasteiger partial charge in [0.2, 0.25) is 5.91 Å². The van der Waals surface area contributed by atoms with E-state index < -0.39 is 0 Å². The molecule has 5 nitrogen and oxygen atoms in total. The Labute approximate surface area is 116 Å². The number of hydrogen-bond donors (Lipinski definition) is 1. The van der Waals surface area contributed by atoms with Crippen LogP contribution in [-0.4, -0.2) is 44.9 Å². The molecular formula is C14H17FN2O3. The van der Waals surface area contributed by atoms with Crippen molar-refractivity contribution in [2.24, 2.45) is 0 Å². The number of benzene rings is 1. The summed E-state index contributed by atoms with van der Waals surface area (Å²) in [5, 5.41) is 3.26. The average molecular weight is 280 g/mol. The molecule has 1 atom stereocenters. The monoisotopic (exact) mass is 280 g/mol. The van der Waals surface area contributed by atoms with Crippen LogP contribution in [0.5, 0.6) is 5.75 Å². The van der Waals surface area contributed by atoms with Crippen molar-refractivity contribution in [3.05, 3.63) is 24.0 Å². The van der Waals surface area contributed by atoms with Crippen LogP contribution in [0.2, 0.25) is 0 Å². The van der Waals surface area contributed by atoms with Gasteiger partial charge in [0.05, 0.1) is 25.4 Å². The van der Waals surface area contributed by atoms with Crippen LogP contribution in [-0.2, 0) is 9.53 Å². The van der Waals surface area contributed by atoms with Gasteiger partial charge in [0, 0.05) is 25.1 Å². The van der Waals surface area contributed by atoms with E-state index in [1.54, 1.807) is 11.0 Å². The lowest BCUT2D eigenvalue weighted by molar-refractivity contribution is -0.120. The van der Waals surface area contributed by atoms with Gasteiger partial charge in [-0.2, -0.15) is 0 Å². The number of morpholine rings is 1. The van der Waals surface area contributed by atoms with Crippen LogP contribution in [0.1, 0.15) is 6.42 Å². The van der Waals surface area contributed by atoms with Crippen molar-refractivity contribution in [1.82, 2.24) is 5.32 Å². The average Bonchev–Trinajstić information content (AvgIpc) is 2.47. The molecular weight excluding hydrogens is 263 g/mol. The molecule has 1 unspecified atom stereocenters. The minimum Gasteiger partial charge on any atom is -0.489 e. The molecule has 1 N–H and O–H groups in total. The molecule has 2 aliphatic rings. The molecule has 0 saturated carbocycles. The summed E-state index contributed by atoms with van der Waals surface area (Å²) in [4.78, 5) is 14.1. The van der Waals surface area contributed by atoms with Crippen molar-refractivity contribution in [3.63, 3.8) is 0 Å². The minimum atomic E-state index is -0.361. The van der Waals surface area contributed by atoms with Crippen LogP contribution >= 0.6 is 0 Å². The highest BCUT2D eigenvalue weighted by Gasteiger charge is 2.26. The third-order valence-corrected chi connectivity index (χ3v) is 3.51. The van der Waals surface area contributed by atoms with Gasteiger partial charge in [-0.3, -0.25) is 4.79 Å². The zero-order chi connectivity index (χ0) is 13.9. The van der Waals surface area contributed by atoms with Crippen molar-refractivity contribution < 1.29 is 18.7 Å². The van der Waals surface area contributed by atoms with E-state index in [9.17, 15) is 9.18 Å². The van der Waals surface area contributed by atoms with Crippen LogP contribution in [0.3, 0.4) is 0 Å². The molecule has 6 heteroatoms. The molecule has 2 aliphatic heterocycles. The summed E-state index contributed by atoms with van der Waals surface area (Å²) in [5.74, 6) is 0.0713. The van der Waals surface area contributed by atoms with Crippen molar-refractivity contribution >= 4 is 11.6 Å². The number of hydrogen-bond acceptors (Lipinski definition) is 4. The summed E-state index contributed by atoms with van der Waals surface area (Å²) in [6.07, 6.45) is 0.372. The standard InChI is InChI=1S/C14H17FN2O3/c15-10-1-2-12-13(7-10)20-6-4-17(12)14(18)8-11-9-19-5-3-16-11/h1-2,7,11,16H,3-6,8-9H2. The second-order valence-electron chi connectivity index (χ2n) is 4.94. The molecule has 3 rings (SSSR count). The quantitative estimate of drug-likeness (QED) is 0.875. The highest BCUT2D eigenvalue weighted by atomic mass is 19.1. The van der Waals surface area contributed by atoms with Crippen LogP contribution < -0.4 is 15.0 Å². The second kappa shape index (κ2) is 5.76. The molecule has 1 fully saturated rings. The number of ether oxygens (including phenoxy) is 2. The number of carbonyl (C=O) groups excluding carboxylic acids is 1. The molecule has 0 aliphatic carbocycles. The van der Waals surface area contributed by atoms with Crippen molar-refractivity contribution in [1.29, 1.82) is 0 Å². The predicted molar refractivity (Wildman–Crippen MR) is 71.5 cm³/mol. The Hall–Kier alpha value is -1.66. The molecule has 0 aromatic heterocycles. The number of carbonyl (C=O) groups is 1. The first-order valence-electron chi connectivity index (χ1n) is 6.78. The van der Waals surface area contributed by atoms with Crippen LogP contribution in [0.25, 0.3) is 0 Å². The lowest BCUT2D eigenvalue weighted by atomic mass is 10.1. The van der Waals surface area contributed by atoms with Gasteiger partial charge in [-0.1, -0.05) is 0 Å². The summed E-state index contributed by atoms with van der Waals surface area (Å²) < 4.78 is 23.9. The topological polar surface area (TPSA) is 50.8 Å². The van der Waals surface area contributed by atoms with Crippen molar-refractivity contribution in [2.75, 3.05) is 37.8 Å². The van der Waals surface area contributed by atoms with Crippen LogP contribution in [0.4, 0.5) is 10.1 Å². The summed E-state index contributed by atoms with van der Waals surface area (Å²) in [5.41, 5.74) is 0.638. The lowest BCUT2D eigenvalue weighted by Crippen LogP contribution is -2.46. The molecule has 108 valence electrons. The summed E-state index contributed by atoms with van der Waals surface area (Å²) >= 11 is 0. The minimum absolute atomic E-state index is 0.00385. The molecule has 1 saturated heterocycles. The van der Waals surface area contributed by atoms with E-state index in [-0.39, 0.29) is 17.8 Å². The first-order valence-corrected chi connectivity index (χ1v) is 6.78. The van der Waals surface area contributed by atoms with Gasteiger partial charge >= 0.3 is 0 Å². The Morgan fingerprint density at radius 3 is 3.15 bits per heavy atom. The molecule has 0 radical (unpaired) electrons. The number of nitrogens with zero attached hydrogens (tertiary/aromatic N) is 1. The maximum atomic E-state index is 13.2. The highest BCUT2D eigenvalue weighted by Crippen LogP contribution is 2.32. The molecule has 2 heterocycles. The number of amides is 1. The van der Waals surface area contributed by atoms with Crippen molar-refractivity contribution in [2.45, 2.75) is 12.5 Å². The van der Waals surface area contributed by atoms with Gasteiger partial charge in [0.1, 0.15) is 18.2 Å². The van der Waals surface area contributed by atoms with E-state index in [1.807, 2.05) is 0 Å². The number of anilines is 1. The summed E-state index contributed by atoms with van der Waals surface area (Å²) in [7, 11) is 0. The maximum Gasteiger partial charge on any atom is 0.228 e. The smallest absolute Gasteiger partial charge is 0.228 e. The molecule has 1 aromatic rings. The first-order chi connectivity index (χ1) is 9.74. The fraction of sp³-hybridized carbons (Fsp3) is 0.500. The zero-order valence-electron chi connectivity index (χ0n) is 11.1. The number of fused-ring (bicyclic) bond motifs is 1. The Morgan fingerprint density at radius 1 is 1.45 bits per heavy atom. The molecule has 0 bridgehead atoms. The van der Waals surface area contributed by atoms with E-state index in [0.29, 0.717) is 44.2 Å². The molecule has 0 spiro atoms. The van der Waals surface area contributed by atoms with Crippen LogP contribution in [0, 0.1) is 5.82 Å². The SMILES string of the molecule is O=C(CC1COCCN1)N1CCOc2cc(F)ccc21. The fourth-order valence-electron chi connectivity index (χ4n) is 2.52. The maximum absolute atomic E-state index is 13.2. The Bertz CT molecular complexity index is 503. The molecule has 20 heavy (non-hydrogen) atoms. The van der Waals surface area contributed by atoms with Gasteiger partial charge in [-0.25, -0.2) is 4.39 Å². The second-order valence-corrected chi connectivity index (χ2v) is 4.94. The van der Waals surface area contributed by atoms with E-state index in [1.165, 1.54) is 12.1 Å².